The van der Waals surface area contributed by atoms with Crippen LogP contribution in [0, 0.1) is 12.8 Å². The molecule has 0 aromatic carbocycles. The Labute approximate surface area is 173 Å². The smallest absolute Gasteiger partial charge is 0.214 e. The number of rotatable bonds is 6. The molecule has 0 spiro atoms. The lowest BCUT2D eigenvalue weighted by Gasteiger charge is -2.30. The highest BCUT2D eigenvalue weighted by Gasteiger charge is 2.25. The molecule has 4 rings (SSSR count). The van der Waals surface area contributed by atoms with Crippen LogP contribution in [0.3, 0.4) is 0 Å². The Morgan fingerprint density at radius 3 is 2.72 bits per heavy atom. The molecule has 156 valence electrons. The number of anilines is 1. The lowest BCUT2D eigenvalue weighted by Crippen LogP contribution is -2.39. The molecule has 29 heavy (non-hydrogen) atoms. The minimum Gasteiger partial charge on any atom is -0.495 e. The first-order valence-corrected chi connectivity index (χ1v) is 12.1. The van der Waals surface area contributed by atoms with Gasteiger partial charge in [-0.25, -0.2) is 22.2 Å². The van der Waals surface area contributed by atoms with Crippen molar-refractivity contribution < 1.29 is 13.2 Å². The Balaban J connectivity index is 1.43. The van der Waals surface area contributed by atoms with E-state index in [2.05, 4.69) is 15.4 Å². The zero-order valence-electron chi connectivity index (χ0n) is 16.6. The fourth-order valence-electron chi connectivity index (χ4n) is 3.53. The molecule has 0 aliphatic carbocycles. The van der Waals surface area contributed by atoms with Crippen molar-refractivity contribution >= 4 is 31.5 Å². The van der Waals surface area contributed by atoms with E-state index < -0.39 is 10.0 Å². The van der Waals surface area contributed by atoms with Gasteiger partial charge in [-0.15, -0.1) is 5.10 Å². The number of aromatic nitrogens is 4. The molecule has 0 bridgehead atoms. The number of hydrogen-bond donors (Lipinski definition) is 1. The summed E-state index contributed by atoms with van der Waals surface area (Å²) in [6.45, 7) is 3.94. The molecule has 1 N–H and O–H groups in total. The van der Waals surface area contributed by atoms with Crippen molar-refractivity contribution in [1.29, 1.82) is 0 Å². The second-order valence-corrected chi connectivity index (χ2v) is 10.2. The molecule has 3 aromatic heterocycles. The van der Waals surface area contributed by atoms with E-state index in [1.807, 2.05) is 17.5 Å². The van der Waals surface area contributed by atoms with Crippen molar-refractivity contribution in [2.24, 2.45) is 5.92 Å². The van der Waals surface area contributed by atoms with E-state index in [1.165, 1.54) is 17.6 Å². The summed E-state index contributed by atoms with van der Waals surface area (Å²) in [4.78, 5) is 9.74. The number of hydrogen-bond acceptors (Lipinski definition) is 8. The first-order valence-electron chi connectivity index (χ1n) is 9.39. The van der Waals surface area contributed by atoms with Gasteiger partial charge in [-0.3, -0.25) is 4.98 Å². The number of ether oxygens (including phenoxy) is 1. The van der Waals surface area contributed by atoms with Crippen LogP contribution in [0.25, 0.3) is 16.2 Å². The number of fused-ring (bicyclic) bond motifs is 1. The third-order valence-corrected chi connectivity index (χ3v) is 7.40. The normalized spacial score (nSPS) is 16.4. The molecule has 0 amide bonds. The highest BCUT2D eigenvalue weighted by molar-refractivity contribution is 7.88. The topological polar surface area (TPSA) is 102 Å². The molecule has 1 fully saturated rings. The molecule has 0 radical (unpaired) electrons. The highest BCUT2D eigenvalue weighted by atomic mass is 32.2. The van der Waals surface area contributed by atoms with Gasteiger partial charge < -0.3 is 10.1 Å². The van der Waals surface area contributed by atoms with Crippen LogP contribution < -0.4 is 10.1 Å². The fraction of sp³-hybridized carbons (Fsp3) is 0.500. The van der Waals surface area contributed by atoms with Crippen molar-refractivity contribution in [3.05, 3.63) is 24.2 Å². The Kier molecular flexibility index (Phi) is 5.45. The lowest BCUT2D eigenvalue weighted by molar-refractivity contribution is 0.283. The van der Waals surface area contributed by atoms with Gasteiger partial charge in [0.15, 0.2) is 0 Å². The van der Waals surface area contributed by atoms with E-state index in [9.17, 15) is 8.42 Å². The number of sulfonamides is 1. The summed E-state index contributed by atoms with van der Waals surface area (Å²) < 4.78 is 31.9. The van der Waals surface area contributed by atoms with E-state index in [-0.39, 0.29) is 0 Å². The summed E-state index contributed by atoms with van der Waals surface area (Å²) in [5.41, 5.74) is 2.68. The van der Waals surface area contributed by atoms with Crippen LogP contribution in [0.2, 0.25) is 0 Å². The monoisotopic (exact) mass is 436 g/mol. The fourth-order valence-corrected chi connectivity index (χ4v) is 5.26. The van der Waals surface area contributed by atoms with Crippen molar-refractivity contribution in [3.8, 4) is 17.0 Å². The number of pyridine rings is 1. The minimum atomic E-state index is -3.08. The quantitative estimate of drug-likeness (QED) is 0.632. The standard InChI is InChI=1S/C18H24N6O3S2/c1-12-16(14-8-15(27-2)11-19-10-14)21-18-24(12)22-17(28-18)20-9-13-4-6-23(7-5-13)29(3,25)26/h8,10-11,13H,4-7,9H2,1-3H3,(H,20,22). The van der Waals surface area contributed by atoms with Gasteiger partial charge in [0.2, 0.25) is 20.1 Å². The predicted molar refractivity (Wildman–Crippen MR) is 113 cm³/mol. The number of methoxy groups -OCH3 is 1. The van der Waals surface area contributed by atoms with Gasteiger partial charge in [-0.2, -0.15) is 0 Å². The maximum atomic E-state index is 11.6. The molecule has 1 aliphatic heterocycles. The van der Waals surface area contributed by atoms with Crippen LogP contribution in [0.4, 0.5) is 5.13 Å². The van der Waals surface area contributed by atoms with Crippen LogP contribution >= 0.6 is 11.3 Å². The van der Waals surface area contributed by atoms with Gasteiger partial charge in [-0.05, 0) is 31.7 Å². The van der Waals surface area contributed by atoms with Gasteiger partial charge >= 0.3 is 0 Å². The van der Waals surface area contributed by atoms with Gasteiger partial charge in [0.1, 0.15) is 5.75 Å². The summed E-state index contributed by atoms with van der Waals surface area (Å²) in [6, 6.07) is 1.91. The number of aryl methyl sites for hydroxylation is 1. The number of nitrogens with zero attached hydrogens (tertiary/aromatic N) is 5. The van der Waals surface area contributed by atoms with E-state index in [1.54, 1.807) is 23.8 Å². The van der Waals surface area contributed by atoms with Crippen LogP contribution in [-0.2, 0) is 10.0 Å². The average molecular weight is 437 g/mol. The summed E-state index contributed by atoms with van der Waals surface area (Å²) >= 11 is 1.50. The Morgan fingerprint density at radius 1 is 1.31 bits per heavy atom. The second kappa shape index (κ2) is 7.88. The van der Waals surface area contributed by atoms with E-state index in [0.29, 0.717) is 24.8 Å². The van der Waals surface area contributed by atoms with Crippen LogP contribution in [-0.4, -0.2) is 65.3 Å². The number of piperidine rings is 1. The third kappa shape index (κ3) is 4.21. The van der Waals surface area contributed by atoms with Crippen molar-refractivity contribution in [3.63, 3.8) is 0 Å². The van der Waals surface area contributed by atoms with Gasteiger partial charge in [0.05, 0.1) is 31.0 Å². The van der Waals surface area contributed by atoms with Crippen LogP contribution in [0.1, 0.15) is 18.5 Å². The predicted octanol–water partition coefficient (Wildman–Crippen LogP) is 2.25. The molecule has 0 unspecified atom stereocenters. The molecule has 9 nitrogen and oxygen atoms in total. The molecule has 1 saturated heterocycles. The highest BCUT2D eigenvalue weighted by Crippen LogP contribution is 2.29. The molecule has 4 heterocycles. The maximum Gasteiger partial charge on any atom is 0.214 e. The molecule has 11 heteroatoms. The van der Waals surface area contributed by atoms with E-state index >= 15 is 0 Å². The second-order valence-electron chi connectivity index (χ2n) is 7.25. The van der Waals surface area contributed by atoms with Crippen LogP contribution in [0.15, 0.2) is 18.5 Å². The molecule has 0 atom stereocenters. The largest absolute Gasteiger partial charge is 0.495 e. The molecule has 3 aromatic rings. The summed E-state index contributed by atoms with van der Waals surface area (Å²) in [6.07, 6.45) is 6.42. The molecule has 1 aliphatic rings. The van der Waals surface area contributed by atoms with Gasteiger partial charge in [-0.1, -0.05) is 11.3 Å². The average Bonchev–Trinajstić information content (AvgIpc) is 3.25. The van der Waals surface area contributed by atoms with E-state index in [4.69, 9.17) is 9.72 Å². The van der Waals surface area contributed by atoms with Crippen LogP contribution in [0.5, 0.6) is 5.75 Å². The maximum absolute atomic E-state index is 11.6. The summed E-state index contributed by atoms with van der Waals surface area (Å²) in [5, 5.41) is 8.85. The summed E-state index contributed by atoms with van der Waals surface area (Å²) in [7, 11) is -1.47. The summed E-state index contributed by atoms with van der Waals surface area (Å²) in [5.74, 6) is 1.12. The number of nitrogens with one attached hydrogen (secondary N) is 1. The van der Waals surface area contributed by atoms with E-state index in [0.717, 1.165) is 46.4 Å². The minimum absolute atomic E-state index is 0.434. The first-order chi connectivity index (χ1) is 13.8. The Hall–Kier alpha value is -2.24. The van der Waals surface area contributed by atoms with Crippen molar-refractivity contribution in [2.45, 2.75) is 19.8 Å². The lowest BCUT2D eigenvalue weighted by atomic mass is 9.98. The third-order valence-electron chi connectivity index (χ3n) is 5.23. The van der Waals surface area contributed by atoms with Gasteiger partial charge in [0.25, 0.3) is 0 Å². The Morgan fingerprint density at radius 2 is 2.07 bits per heavy atom. The van der Waals surface area contributed by atoms with Crippen molar-refractivity contribution in [1.82, 2.24) is 23.9 Å². The molecular weight excluding hydrogens is 412 g/mol. The zero-order chi connectivity index (χ0) is 20.6. The van der Waals surface area contributed by atoms with Gasteiger partial charge in [0, 0.05) is 31.4 Å². The number of imidazole rings is 1. The van der Waals surface area contributed by atoms with Crippen molar-refractivity contribution in [2.75, 3.05) is 38.3 Å². The SMILES string of the molecule is COc1cncc(-c2nc3sc(NCC4CCN(S(C)(=O)=O)CC4)nn3c2C)c1. The Bertz CT molecular complexity index is 1120. The molecular formula is C18H24N6O3S2. The first kappa shape index (κ1) is 20.0. The zero-order valence-corrected chi connectivity index (χ0v) is 18.3. The molecule has 0 saturated carbocycles.